The minimum absolute atomic E-state index is 0.0806. The Kier molecular flexibility index (Phi) is 5.17. The summed E-state index contributed by atoms with van der Waals surface area (Å²) in [6, 6.07) is 12.4. The second-order valence-corrected chi connectivity index (χ2v) is 8.08. The van der Waals surface area contributed by atoms with Crippen LogP contribution >= 0.6 is 0 Å². The summed E-state index contributed by atoms with van der Waals surface area (Å²) in [6.07, 6.45) is 6.39. The molecule has 7 nitrogen and oxygen atoms in total. The second kappa shape index (κ2) is 8.26. The molecule has 1 amide bonds. The molecule has 1 atom stereocenters. The molecule has 1 unspecified atom stereocenters. The van der Waals surface area contributed by atoms with Crippen molar-refractivity contribution in [2.24, 2.45) is 0 Å². The molecule has 5 rings (SSSR count). The quantitative estimate of drug-likeness (QED) is 0.685. The molecule has 4 heterocycles. The average molecular weight is 403 g/mol. The normalized spacial score (nSPS) is 18.7. The number of carbonyl (C=O) groups excluding carboxylic acids is 1. The van der Waals surface area contributed by atoms with E-state index in [9.17, 15) is 4.79 Å². The predicted octanol–water partition coefficient (Wildman–Crippen LogP) is 2.65. The molecule has 7 heteroatoms. The monoisotopic (exact) mass is 402 g/mol. The molecular weight excluding hydrogens is 376 g/mol. The lowest BCUT2D eigenvalue weighted by molar-refractivity contribution is 0.0940. The minimum Gasteiger partial charge on any atom is -0.356 e. The zero-order chi connectivity index (χ0) is 20.3. The van der Waals surface area contributed by atoms with Gasteiger partial charge in [-0.1, -0.05) is 30.3 Å². The van der Waals surface area contributed by atoms with Crippen LogP contribution < -0.4 is 10.2 Å². The van der Waals surface area contributed by atoms with Gasteiger partial charge in [0.1, 0.15) is 17.3 Å². The van der Waals surface area contributed by atoms with Crippen molar-refractivity contribution in [3.8, 4) is 0 Å². The highest BCUT2D eigenvalue weighted by Gasteiger charge is 2.29. The van der Waals surface area contributed by atoms with Crippen molar-refractivity contribution in [1.29, 1.82) is 0 Å². The van der Waals surface area contributed by atoms with Gasteiger partial charge >= 0.3 is 0 Å². The highest BCUT2D eigenvalue weighted by molar-refractivity contribution is 5.96. The first-order valence-electron chi connectivity index (χ1n) is 10.7. The molecule has 1 saturated heterocycles. The molecule has 0 saturated carbocycles. The molecule has 0 bridgehead atoms. The molecule has 1 fully saturated rings. The first-order chi connectivity index (χ1) is 14.8. The smallest absolute Gasteiger partial charge is 0.270 e. The van der Waals surface area contributed by atoms with Crippen molar-refractivity contribution in [3.05, 3.63) is 70.9 Å². The lowest BCUT2D eigenvalue weighted by Gasteiger charge is -2.35. The summed E-state index contributed by atoms with van der Waals surface area (Å²) >= 11 is 0. The second-order valence-electron chi connectivity index (χ2n) is 8.08. The molecule has 0 spiro atoms. The van der Waals surface area contributed by atoms with Gasteiger partial charge in [0.25, 0.3) is 5.91 Å². The summed E-state index contributed by atoms with van der Waals surface area (Å²) in [6.45, 7) is 2.47. The largest absolute Gasteiger partial charge is 0.356 e. The Hall–Kier alpha value is -3.22. The summed E-state index contributed by atoms with van der Waals surface area (Å²) in [5, 5.41) is 10.2. The molecular formula is C23H26N6O. The topological polar surface area (TPSA) is 86.8 Å². The number of hydrogen-bond acceptors (Lipinski definition) is 5. The molecule has 2 N–H and O–H groups in total. The van der Waals surface area contributed by atoms with Gasteiger partial charge in [-0.3, -0.25) is 9.89 Å². The van der Waals surface area contributed by atoms with Gasteiger partial charge in [-0.2, -0.15) is 5.10 Å². The van der Waals surface area contributed by atoms with Crippen LogP contribution in [0.25, 0.3) is 0 Å². The van der Waals surface area contributed by atoms with Crippen molar-refractivity contribution >= 4 is 11.7 Å². The average Bonchev–Trinajstić information content (AvgIpc) is 3.34. The molecule has 2 aliphatic heterocycles. The number of fused-ring (bicyclic) bond motifs is 1. The van der Waals surface area contributed by atoms with Gasteiger partial charge in [0, 0.05) is 49.4 Å². The Bertz CT molecular complexity index is 1020. The van der Waals surface area contributed by atoms with Crippen molar-refractivity contribution in [2.75, 3.05) is 24.5 Å². The highest BCUT2D eigenvalue weighted by atomic mass is 16.1. The van der Waals surface area contributed by atoms with E-state index in [4.69, 9.17) is 4.98 Å². The fraction of sp³-hybridized carbons (Fsp3) is 0.391. The zero-order valence-corrected chi connectivity index (χ0v) is 17.0. The Morgan fingerprint density at radius 2 is 2.00 bits per heavy atom. The van der Waals surface area contributed by atoms with E-state index in [1.54, 1.807) is 0 Å². The zero-order valence-electron chi connectivity index (χ0n) is 17.0. The fourth-order valence-corrected chi connectivity index (χ4v) is 4.51. The molecule has 2 aromatic heterocycles. The van der Waals surface area contributed by atoms with Crippen molar-refractivity contribution in [2.45, 2.75) is 38.0 Å². The van der Waals surface area contributed by atoms with E-state index < -0.39 is 0 Å². The van der Waals surface area contributed by atoms with Crippen LogP contribution in [0.15, 0.2) is 42.6 Å². The number of amides is 1. The maximum Gasteiger partial charge on any atom is 0.270 e. The number of hydrogen-bond donors (Lipinski definition) is 2. The van der Waals surface area contributed by atoms with Gasteiger partial charge in [-0.05, 0) is 37.3 Å². The molecule has 30 heavy (non-hydrogen) atoms. The summed E-state index contributed by atoms with van der Waals surface area (Å²) in [5.74, 6) is 2.01. The molecule has 154 valence electrons. The summed E-state index contributed by atoms with van der Waals surface area (Å²) in [5.41, 5.74) is 3.97. The first kappa shape index (κ1) is 18.8. The van der Waals surface area contributed by atoms with Crippen LogP contribution in [0.2, 0.25) is 0 Å². The highest BCUT2D eigenvalue weighted by Crippen LogP contribution is 2.31. The lowest BCUT2D eigenvalue weighted by atomic mass is 9.94. The van der Waals surface area contributed by atoms with Crippen molar-refractivity contribution in [3.63, 3.8) is 0 Å². The molecule has 0 radical (unpaired) electrons. The Morgan fingerprint density at radius 3 is 2.83 bits per heavy atom. The van der Waals surface area contributed by atoms with Crippen LogP contribution in [0.4, 0.5) is 5.82 Å². The first-order valence-corrected chi connectivity index (χ1v) is 10.7. The number of nitrogens with zero attached hydrogens (tertiary/aromatic N) is 4. The number of nitrogens with one attached hydrogen (secondary N) is 2. The number of benzene rings is 1. The van der Waals surface area contributed by atoms with E-state index in [1.165, 1.54) is 11.3 Å². The third-order valence-electron chi connectivity index (χ3n) is 6.07. The number of carbonyl (C=O) groups is 1. The third-order valence-corrected chi connectivity index (χ3v) is 6.07. The predicted molar refractivity (Wildman–Crippen MR) is 115 cm³/mol. The Labute approximate surface area is 175 Å². The maximum absolute atomic E-state index is 12.6. The maximum atomic E-state index is 12.6. The van der Waals surface area contributed by atoms with Gasteiger partial charge in [-0.15, -0.1) is 0 Å². The molecule has 3 aromatic rings. The van der Waals surface area contributed by atoms with Crippen molar-refractivity contribution < 1.29 is 4.79 Å². The number of rotatable bonds is 5. The van der Waals surface area contributed by atoms with E-state index >= 15 is 0 Å². The lowest BCUT2D eigenvalue weighted by Crippen LogP contribution is -2.39. The van der Waals surface area contributed by atoms with Gasteiger partial charge < -0.3 is 10.2 Å². The molecule has 1 aromatic carbocycles. The van der Waals surface area contributed by atoms with E-state index in [-0.39, 0.29) is 5.91 Å². The minimum atomic E-state index is -0.0806. The van der Waals surface area contributed by atoms with Crippen LogP contribution in [0.5, 0.6) is 0 Å². The third kappa shape index (κ3) is 3.79. The number of anilines is 1. The summed E-state index contributed by atoms with van der Waals surface area (Å²) < 4.78 is 0. The van der Waals surface area contributed by atoms with Crippen LogP contribution in [0.3, 0.4) is 0 Å². The number of aromatic nitrogens is 4. The Morgan fingerprint density at radius 1 is 1.10 bits per heavy atom. The number of piperidine rings is 1. The van der Waals surface area contributed by atoms with Crippen molar-refractivity contribution in [1.82, 2.24) is 25.5 Å². The number of aryl methyl sites for hydroxylation is 2. The Balaban J connectivity index is 1.45. The van der Waals surface area contributed by atoms with E-state index in [2.05, 4.69) is 43.6 Å². The van der Waals surface area contributed by atoms with Gasteiger partial charge in [0.15, 0.2) is 0 Å². The SMILES string of the molecule is O=C1NCCc2c1nc(CCc1ccccc1)nc2N1CCCC(c2ccn[nH]2)C1. The van der Waals surface area contributed by atoms with Crippen LogP contribution in [0.1, 0.15) is 51.9 Å². The number of aromatic amines is 1. The number of H-pyrrole nitrogens is 1. The molecule has 2 aliphatic rings. The summed E-state index contributed by atoms with van der Waals surface area (Å²) in [7, 11) is 0. The van der Waals surface area contributed by atoms with E-state index in [0.717, 1.165) is 62.4 Å². The fourth-order valence-electron chi connectivity index (χ4n) is 4.51. The standard InChI is InChI=1S/C23H26N6O/c30-23-21-18(10-12-24-23)22(27-20(26-21)9-8-16-5-2-1-3-6-16)29-14-4-7-17(15-29)19-11-13-25-28-19/h1-3,5-6,11,13,17H,4,7-10,12,14-15H2,(H,24,30)(H,25,28). The van der Waals surface area contributed by atoms with E-state index in [1.807, 2.05) is 24.4 Å². The summed E-state index contributed by atoms with van der Waals surface area (Å²) in [4.78, 5) is 24.6. The van der Waals surface area contributed by atoms with Crippen LogP contribution in [-0.2, 0) is 19.3 Å². The van der Waals surface area contributed by atoms with Gasteiger partial charge in [0.05, 0.1) is 0 Å². The molecule has 0 aliphatic carbocycles. The van der Waals surface area contributed by atoms with Gasteiger partial charge in [-0.25, -0.2) is 9.97 Å². The van der Waals surface area contributed by atoms with Crippen LogP contribution in [-0.4, -0.2) is 45.7 Å². The van der Waals surface area contributed by atoms with Gasteiger partial charge in [0.2, 0.25) is 0 Å². The van der Waals surface area contributed by atoms with Crippen LogP contribution in [0, 0.1) is 0 Å². The van der Waals surface area contributed by atoms with E-state index in [0.29, 0.717) is 18.2 Å².